The van der Waals surface area contributed by atoms with Crippen molar-refractivity contribution >= 4 is 17.2 Å². The number of phenols is 1. The predicted octanol–water partition coefficient (Wildman–Crippen LogP) is 2.18. The smallest absolute Gasteiger partial charge is 0.453 e. The van der Waals surface area contributed by atoms with Crippen molar-refractivity contribution in [1.82, 2.24) is 19.8 Å². The monoisotopic (exact) mass is 364 g/mol. The van der Waals surface area contributed by atoms with Crippen molar-refractivity contribution in [3.05, 3.63) is 42.2 Å². The summed E-state index contributed by atoms with van der Waals surface area (Å²) in [5.41, 5.74) is 0.794. The Labute approximate surface area is 146 Å². The van der Waals surface area contributed by atoms with Gasteiger partial charge in [-0.15, -0.1) is 15.3 Å². The summed E-state index contributed by atoms with van der Waals surface area (Å²) in [7, 11) is 0. The number of piperazine rings is 1. The number of fused-ring (bicyclic) bond motifs is 1. The number of halogens is 3. The molecule has 0 bridgehead atoms. The maximum atomic E-state index is 13.0. The molecule has 0 spiro atoms. The standard InChI is InChI=1S/C16H15F3N6O/c17-16(18,19)15-21-20-13-5-6-14(22-25(13)15)24-9-7-23(8-10-24)11-3-1-2-4-12(11)26/h1-6,26H,7-10H2. The summed E-state index contributed by atoms with van der Waals surface area (Å²) in [6, 6.07) is 10.2. The van der Waals surface area contributed by atoms with E-state index >= 15 is 0 Å². The maximum Gasteiger partial charge on any atom is 0.453 e. The molecule has 4 rings (SSSR count). The lowest BCUT2D eigenvalue weighted by Gasteiger charge is -2.36. The largest absolute Gasteiger partial charge is 0.506 e. The molecule has 1 aliphatic rings. The van der Waals surface area contributed by atoms with Gasteiger partial charge in [-0.25, -0.2) is 0 Å². The molecule has 10 heteroatoms. The summed E-state index contributed by atoms with van der Waals surface area (Å²) in [5, 5.41) is 20.7. The number of nitrogens with zero attached hydrogens (tertiary/aromatic N) is 6. The lowest BCUT2D eigenvalue weighted by molar-refractivity contribution is -0.146. The first-order chi connectivity index (χ1) is 12.4. The van der Waals surface area contributed by atoms with Gasteiger partial charge in [0.2, 0.25) is 0 Å². The van der Waals surface area contributed by atoms with Crippen LogP contribution in [0, 0.1) is 0 Å². The first-order valence-corrected chi connectivity index (χ1v) is 8.01. The molecule has 0 saturated carbocycles. The average molecular weight is 364 g/mol. The van der Waals surface area contributed by atoms with Crippen molar-refractivity contribution in [2.45, 2.75) is 6.18 Å². The van der Waals surface area contributed by atoms with Crippen molar-refractivity contribution in [3.63, 3.8) is 0 Å². The minimum Gasteiger partial charge on any atom is -0.506 e. The van der Waals surface area contributed by atoms with E-state index in [4.69, 9.17) is 0 Å². The highest BCUT2D eigenvalue weighted by atomic mass is 19.4. The van der Waals surface area contributed by atoms with E-state index in [9.17, 15) is 18.3 Å². The van der Waals surface area contributed by atoms with E-state index in [1.54, 1.807) is 18.2 Å². The Bertz CT molecular complexity index is 933. The van der Waals surface area contributed by atoms with Gasteiger partial charge in [0.1, 0.15) is 11.6 Å². The van der Waals surface area contributed by atoms with Crippen LogP contribution in [-0.4, -0.2) is 51.1 Å². The highest BCUT2D eigenvalue weighted by Gasteiger charge is 2.37. The number of aromatic hydroxyl groups is 1. The Morgan fingerprint density at radius 3 is 2.27 bits per heavy atom. The van der Waals surface area contributed by atoms with Crippen molar-refractivity contribution < 1.29 is 18.3 Å². The number of aromatic nitrogens is 4. The van der Waals surface area contributed by atoms with Gasteiger partial charge < -0.3 is 14.9 Å². The van der Waals surface area contributed by atoms with Crippen molar-refractivity contribution in [2.24, 2.45) is 0 Å². The van der Waals surface area contributed by atoms with Crippen LogP contribution in [0.25, 0.3) is 5.65 Å². The molecule has 0 amide bonds. The van der Waals surface area contributed by atoms with Crippen LogP contribution in [0.1, 0.15) is 5.82 Å². The zero-order valence-corrected chi connectivity index (χ0v) is 13.6. The van der Waals surface area contributed by atoms with Crippen LogP contribution in [0.2, 0.25) is 0 Å². The summed E-state index contributed by atoms with van der Waals surface area (Å²) in [6.07, 6.45) is -4.62. The Morgan fingerprint density at radius 1 is 0.885 bits per heavy atom. The van der Waals surface area contributed by atoms with Crippen LogP contribution >= 0.6 is 0 Å². The fraction of sp³-hybridized carbons (Fsp3) is 0.312. The molecule has 26 heavy (non-hydrogen) atoms. The summed E-state index contributed by atoms with van der Waals surface area (Å²) in [5.74, 6) is -0.498. The molecular formula is C16H15F3N6O. The number of rotatable bonds is 2. The summed E-state index contributed by atoms with van der Waals surface area (Å²) in [4.78, 5) is 3.93. The Morgan fingerprint density at radius 2 is 1.58 bits per heavy atom. The van der Waals surface area contributed by atoms with E-state index in [-0.39, 0.29) is 11.4 Å². The van der Waals surface area contributed by atoms with Crippen LogP contribution in [-0.2, 0) is 6.18 Å². The SMILES string of the molecule is Oc1ccccc1N1CCN(c2ccc3nnc(C(F)(F)F)n3n2)CC1. The maximum absolute atomic E-state index is 13.0. The summed E-state index contributed by atoms with van der Waals surface area (Å²) in [6.45, 7) is 2.36. The van der Waals surface area contributed by atoms with Gasteiger partial charge >= 0.3 is 6.18 Å². The quantitative estimate of drug-likeness (QED) is 0.752. The first kappa shape index (κ1) is 16.4. The lowest BCUT2D eigenvalue weighted by Crippen LogP contribution is -2.47. The minimum atomic E-state index is -4.62. The molecule has 2 aromatic heterocycles. The topological polar surface area (TPSA) is 69.8 Å². The molecular weight excluding hydrogens is 349 g/mol. The third-order valence-corrected chi connectivity index (χ3v) is 4.33. The Kier molecular flexibility index (Phi) is 3.82. The molecule has 1 N–H and O–H groups in total. The van der Waals surface area contributed by atoms with Gasteiger partial charge in [-0.2, -0.15) is 17.7 Å². The van der Waals surface area contributed by atoms with Gasteiger partial charge in [-0.1, -0.05) is 12.1 Å². The molecule has 1 saturated heterocycles. The number of hydrogen-bond donors (Lipinski definition) is 1. The molecule has 0 aliphatic carbocycles. The van der Waals surface area contributed by atoms with E-state index in [1.807, 2.05) is 21.9 Å². The normalized spacial score (nSPS) is 15.7. The second kappa shape index (κ2) is 6.04. The van der Waals surface area contributed by atoms with E-state index in [1.165, 1.54) is 6.07 Å². The zero-order valence-electron chi connectivity index (χ0n) is 13.6. The molecule has 3 aromatic rings. The minimum absolute atomic E-state index is 0.0499. The van der Waals surface area contributed by atoms with E-state index in [0.717, 1.165) is 10.2 Å². The Hall–Kier alpha value is -3.04. The number of phenolic OH excluding ortho intramolecular Hbond substituents is 1. The third kappa shape index (κ3) is 2.87. The predicted molar refractivity (Wildman–Crippen MR) is 88.3 cm³/mol. The van der Waals surface area contributed by atoms with E-state index < -0.39 is 12.0 Å². The first-order valence-electron chi connectivity index (χ1n) is 8.01. The molecule has 7 nitrogen and oxygen atoms in total. The van der Waals surface area contributed by atoms with Crippen molar-refractivity contribution in [2.75, 3.05) is 36.0 Å². The van der Waals surface area contributed by atoms with Crippen LogP contribution in [0.15, 0.2) is 36.4 Å². The fourth-order valence-electron chi connectivity index (χ4n) is 3.03. The van der Waals surface area contributed by atoms with Crippen LogP contribution in [0.5, 0.6) is 5.75 Å². The van der Waals surface area contributed by atoms with Crippen LogP contribution in [0.3, 0.4) is 0 Å². The molecule has 136 valence electrons. The molecule has 1 aromatic carbocycles. The van der Waals surface area contributed by atoms with Gasteiger partial charge in [0.15, 0.2) is 5.65 Å². The molecule has 0 unspecified atom stereocenters. The third-order valence-electron chi connectivity index (χ3n) is 4.33. The number of para-hydroxylation sites is 2. The second-order valence-electron chi connectivity index (χ2n) is 5.95. The second-order valence-corrected chi connectivity index (χ2v) is 5.95. The zero-order chi connectivity index (χ0) is 18.3. The number of benzene rings is 1. The van der Waals surface area contributed by atoms with Crippen molar-refractivity contribution in [3.8, 4) is 5.75 Å². The van der Waals surface area contributed by atoms with Gasteiger partial charge in [0.05, 0.1) is 5.69 Å². The average Bonchev–Trinajstić information content (AvgIpc) is 3.06. The summed E-state index contributed by atoms with van der Waals surface area (Å²) < 4.78 is 39.7. The van der Waals surface area contributed by atoms with E-state index in [2.05, 4.69) is 15.3 Å². The summed E-state index contributed by atoms with van der Waals surface area (Å²) >= 11 is 0. The fourth-order valence-corrected chi connectivity index (χ4v) is 3.03. The van der Waals surface area contributed by atoms with Crippen molar-refractivity contribution in [1.29, 1.82) is 0 Å². The van der Waals surface area contributed by atoms with Gasteiger partial charge in [-0.3, -0.25) is 0 Å². The number of hydrogen-bond acceptors (Lipinski definition) is 6. The molecule has 0 atom stereocenters. The highest BCUT2D eigenvalue weighted by Crippen LogP contribution is 2.29. The van der Waals surface area contributed by atoms with Crippen LogP contribution < -0.4 is 9.80 Å². The molecule has 1 fully saturated rings. The number of alkyl halides is 3. The van der Waals surface area contributed by atoms with Gasteiger partial charge in [-0.05, 0) is 24.3 Å². The Balaban J connectivity index is 1.55. The number of anilines is 2. The molecule has 1 aliphatic heterocycles. The molecule has 3 heterocycles. The lowest BCUT2D eigenvalue weighted by atomic mass is 10.2. The molecule has 0 radical (unpaired) electrons. The van der Waals surface area contributed by atoms with Crippen LogP contribution in [0.4, 0.5) is 24.7 Å². The van der Waals surface area contributed by atoms with Gasteiger partial charge in [0.25, 0.3) is 5.82 Å². The van der Waals surface area contributed by atoms with E-state index in [0.29, 0.717) is 32.0 Å². The highest BCUT2D eigenvalue weighted by molar-refractivity contribution is 5.59. The van der Waals surface area contributed by atoms with Gasteiger partial charge in [0, 0.05) is 26.2 Å².